The Morgan fingerprint density at radius 2 is 1.96 bits per heavy atom. The molecule has 0 saturated carbocycles. The molecule has 0 spiro atoms. The van der Waals surface area contributed by atoms with Gasteiger partial charge >= 0.3 is 0 Å². The third kappa shape index (κ3) is 3.18. The first-order chi connectivity index (χ1) is 12.1. The molecule has 0 unspecified atom stereocenters. The van der Waals surface area contributed by atoms with Crippen LogP contribution in [0.2, 0.25) is 0 Å². The van der Waals surface area contributed by atoms with Crippen molar-refractivity contribution in [3.8, 4) is 0 Å². The number of fused-ring (bicyclic) bond motifs is 1. The summed E-state index contributed by atoms with van der Waals surface area (Å²) in [7, 11) is 1.99. The summed E-state index contributed by atoms with van der Waals surface area (Å²) in [6.45, 7) is 6.92. The quantitative estimate of drug-likeness (QED) is 0.770. The molecule has 1 aromatic rings. The van der Waals surface area contributed by atoms with Crippen LogP contribution in [0.25, 0.3) is 0 Å². The largest absolute Gasteiger partial charge is 0.381 e. The number of aromatic nitrogens is 3. The third-order valence-electron chi connectivity index (χ3n) is 5.63. The van der Waals surface area contributed by atoms with Crippen LogP contribution in [0.4, 0.5) is 0 Å². The van der Waals surface area contributed by atoms with Crippen molar-refractivity contribution < 1.29 is 14.3 Å². The van der Waals surface area contributed by atoms with Gasteiger partial charge < -0.3 is 18.9 Å². The number of amides is 1. The number of hydrogen-bond donors (Lipinski definition) is 0. The van der Waals surface area contributed by atoms with Crippen molar-refractivity contribution in [2.24, 2.45) is 0 Å². The number of ether oxygens (including phenoxy) is 2. The van der Waals surface area contributed by atoms with Crippen LogP contribution in [0.1, 0.15) is 43.4 Å². The predicted octanol–water partition coefficient (Wildman–Crippen LogP) is 0.406. The number of nitrogens with zero attached hydrogens (tertiary/aromatic N) is 5. The number of morpholine rings is 1. The fourth-order valence-corrected chi connectivity index (χ4v) is 4.12. The summed E-state index contributed by atoms with van der Waals surface area (Å²) in [6.07, 6.45) is 2.00. The number of hydrogen-bond acceptors (Lipinski definition) is 6. The Kier molecular flexibility index (Phi) is 4.75. The Morgan fingerprint density at radius 3 is 2.72 bits per heavy atom. The highest BCUT2D eigenvalue weighted by Crippen LogP contribution is 2.31. The minimum absolute atomic E-state index is 0.135. The monoisotopic (exact) mass is 349 g/mol. The Labute approximate surface area is 148 Å². The van der Waals surface area contributed by atoms with Crippen molar-refractivity contribution >= 4 is 5.91 Å². The van der Waals surface area contributed by atoms with Gasteiger partial charge in [0.05, 0.1) is 25.8 Å². The van der Waals surface area contributed by atoms with E-state index >= 15 is 0 Å². The van der Waals surface area contributed by atoms with Crippen LogP contribution in [0, 0.1) is 0 Å². The van der Waals surface area contributed by atoms with Gasteiger partial charge in [0, 0.05) is 32.2 Å². The Bertz CT molecular complexity index is 628. The first-order valence-electron chi connectivity index (χ1n) is 9.23. The summed E-state index contributed by atoms with van der Waals surface area (Å²) in [5, 5.41) is 8.89. The molecule has 0 bridgehead atoms. The average Bonchev–Trinajstić information content (AvgIpc) is 3.07. The van der Waals surface area contributed by atoms with E-state index in [0.29, 0.717) is 32.2 Å². The number of carbonyl (C=O) groups excluding carboxylic acids is 1. The van der Waals surface area contributed by atoms with Crippen LogP contribution in [0.3, 0.4) is 0 Å². The lowest BCUT2D eigenvalue weighted by atomic mass is 9.98. The zero-order valence-corrected chi connectivity index (χ0v) is 15.1. The van der Waals surface area contributed by atoms with Crippen molar-refractivity contribution in [3.05, 3.63) is 11.6 Å². The van der Waals surface area contributed by atoms with E-state index in [4.69, 9.17) is 9.47 Å². The summed E-state index contributed by atoms with van der Waals surface area (Å²) < 4.78 is 13.2. The van der Waals surface area contributed by atoms with Gasteiger partial charge in [-0.1, -0.05) is 0 Å². The lowest BCUT2D eigenvalue weighted by molar-refractivity contribution is -0.144. The molecular formula is C17H27N5O3. The number of carbonyl (C=O) groups is 1. The average molecular weight is 349 g/mol. The minimum atomic E-state index is -0.189. The molecule has 3 aliphatic heterocycles. The van der Waals surface area contributed by atoms with Gasteiger partial charge in [-0.2, -0.15) is 0 Å². The molecule has 8 heteroatoms. The van der Waals surface area contributed by atoms with Gasteiger partial charge in [0.25, 0.3) is 0 Å². The maximum atomic E-state index is 13.0. The standard InChI is InChI=1S/C17H27N5O3/c1-12-9-21(17(23)14-11-25-8-5-20(14)2)10-15-18-19-16(22(12)15)13-3-6-24-7-4-13/h12-14H,3-11H2,1-2H3/t12-,14+/m0/s1. The van der Waals surface area contributed by atoms with E-state index in [1.54, 1.807) is 0 Å². The van der Waals surface area contributed by atoms with Gasteiger partial charge in [0.1, 0.15) is 11.9 Å². The Balaban J connectivity index is 1.51. The lowest BCUT2D eigenvalue weighted by Crippen LogP contribution is -2.54. The van der Waals surface area contributed by atoms with E-state index < -0.39 is 0 Å². The van der Waals surface area contributed by atoms with Crippen LogP contribution in [-0.2, 0) is 20.8 Å². The molecule has 4 heterocycles. The molecule has 138 valence electrons. The zero-order valence-electron chi connectivity index (χ0n) is 15.1. The second-order valence-electron chi connectivity index (χ2n) is 7.37. The van der Waals surface area contributed by atoms with Crippen molar-refractivity contribution in [2.75, 3.05) is 46.6 Å². The Hall–Kier alpha value is -1.51. The van der Waals surface area contributed by atoms with Gasteiger partial charge in [0.15, 0.2) is 5.82 Å². The van der Waals surface area contributed by atoms with Crippen LogP contribution in [0.5, 0.6) is 0 Å². The maximum Gasteiger partial charge on any atom is 0.242 e. The predicted molar refractivity (Wildman–Crippen MR) is 90.2 cm³/mol. The highest BCUT2D eigenvalue weighted by atomic mass is 16.5. The molecule has 1 amide bonds. The van der Waals surface area contributed by atoms with Gasteiger partial charge in [-0.05, 0) is 26.8 Å². The molecular weight excluding hydrogens is 322 g/mol. The number of likely N-dealkylation sites (N-methyl/N-ethyl adjacent to an activating group) is 1. The van der Waals surface area contributed by atoms with Crippen molar-refractivity contribution in [1.82, 2.24) is 24.6 Å². The van der Waals surface area contributed by atoms with Crippen LogP contribution in [0.15, 0.2) is 0 Å². The van der Waals surface area contributed by atoms with E-state index in [-0.39, 0.29) is 18.0 Å². The highest BCUT2D eigenvalue weighted by molar-refractivity contribution is 5.82. The molecule has 2 saturated heterocycles. The fraction of sp³-hybridized carbons (Fsp3) is 0.824. The van der Waals surface area contributed by atoms with E-state index in [0.717, 1.165) is 44.2 Å². The van der Waals surface area contributed by atoms with E-state index in [9.17, 15) is 4.79 Å². The van der Waals surface area contributed by atoms with E-state index in [1.165, 1.54) is 0 Å². The van der Waals surface area contributed by atoms with Crippen molar-refractivity contribution in [3.63, 3.8) is 0 Å². The molecule has 2 fully saturated rings. The third-order valence-corrected chi connectivity index (χ3v) is 5.63. The SMILES string of the molecule is C[C@H]1CN(C(=O)[C@H]2COCCN2C)Cc2nnc(C3CCOCC3)n21. The zero-order chi connectivity index (χ0) is 17.4. The topological polar surface area (TPSA) is 72.7 Å². The minimum Gasteiger partial charge on any atom is -0.381 e. The smallest absolute Gasteiger partial charge is 0.242 e. The van der Waals surface area contributed by atoms with Crippen LogP contribution < -0.4 is 0 Å². The molecule has 3 aliphatic rings. The van der Waals surface area contributed by atoms with Gasteiger partial charge in [-0.25, -0.2) is 0 Å². The van der Waals surface area contributed by atoms with Crippen molar-refractivity contribution in [1.29, 1.82) is 0 Å². The summed E-state index contributed by atoms with van der Waals surface area (Å²) in [6, 6.07) is 0.000690. The molecule has 0 N–H and O–H groups in total. The molecule has 0 aromatic carbocycles. The second-order valence-corrected chi connectivity index (χ2v) is 7.37. The maximum absolute atomic E-state index is 13.0. The Morgan fingerprint density at radius 1 is 1.16 bits per heavy atom. The molecule has 8 nitrogen and oxygen atoms in total. The molecule has 2 atom stereocenters. The lowest BCUT2D eigenvalue weighted by Gasteiger charge is -2.39. The van der Waals surface area contributed by atoms with E-state index in [2.05, 4.69) is 26.6 Å². The number of rotatable bonds is 2. The summed E-state index contributed by atoms with van der Waals surface area (Å²) in [5.41, 5.74) is 0. The van der Waals surface area contributed by atoms with Crippen molar-refractivity contribution in [2.45, 2.75) is 44.3 Å². The van der Waals surface area contributed by atoms with Gasteiger partial charge in [-0.15, -0.1) is 10.2 Å². The molecule has 0 aliphatic carbocycles. The highest BCUT2D eigenvalue weighted by Gasteiger charge is 2.36. The van der Waals surface area contributed by atoms with Gasteiger partial charge in [-0.3, -0.25) is 9.69 Å². The van der Waals surface area contributed by atoms with Gasteiger partial charge in [0.2, 0.25) is 5.91 Å². The normalized spacial score (nSPS) is 28.8. The van der Waals surface area contributed by atoms with E-state index in [1.807, 2.05) is 11.9 Å². The molecule has 25 heavy (non-hydrogen) atoms. The second kappa shape index (κ2) is 7.01. The molecule has 1 aromatic heterocycles. The summed E-state index contributed by atoms with van der Waals surface area (Å²) in [4.78, 5) is 17.0. The van der Waals surface area contributed by atoms with Crippen LogP contribution in [-0.4, -0.2) is 83.1 Å². The van der Waals surface area contributed by atoms with Crippen LogP contribution >= 0.6 is 0 Å². The molecule has 0 radical (unpaired) electrons. The first kappa shape index (κ1) is 16.9. The fourth-order valence-electron chi connectivity index (χ4n) is 4.12. The summed E-state index contributed by atoms with van der Waals surface area (Å²) >= 11 is 0. The summed E-state index contributed by atoms with van der Waals surface area (Å²) in [5.74, 6) is 2.51. The molecule has 4 rings (SSSR count). The first-order valence-corrected chi connectivity index (χ1v) is 9.23.